The molecule has 3 aliphatic heterocycles. The highest BCUT2D eigenvalue weighted by molar-refractivity contribution is 7.13. The number of anilines is 2. The average Bonchev–Trinajstić information content (AvgIpc) is 3.74. The minimum Gasteiger partial charge on any atom is -0.489 e. The van der Waals surface area contributed by atoms with Crippen molar-refractivity contribution in [3.8, 4) is 0 Å². The molecule has 1 aromatic heterocycles. The van der Waals surface area contributed by atoms with Gasteiger partial charge in [-0.2, -0.15) is 0 Å². The van der Waals surface area contributed by atoms with E-state index >= 15 is 0 Å². The zero-order valence-corrected chi connectivity index (χ0v) is 23.5. The molecule has 4 aliphatic rings. The molecule has 4 heterocycles. The number of carboxylic acids is 1. The minimum absolute atomic E-state index is 0.112. The third-order valence-corrected chi connectivity index (χ3v) is 8.41. The van der Waals surface area contributed by atoms with E-state index in [0.29, 0.717) is 0 Å². The molecule has 1 aromatic carbocycles. The summed E-state index contributed by atoms with van der Waals surface area (Å²) in [5, 5.41) is 18.4. The molecular formula is C28H27FN6O7S. The van der Waals surface area contributed by atoms with E-state index in [1.807, 2.05) is 0 Å². The molecule has 6 rings (SSSR count). The molecule has 15 heteroatoms. The normalized spacial score (nSPS) is 23.4. The number of β-lactam (4-membered cyclic amide) rings is 1. The number of aliphatic carboxylic acids is 1. The Morgan fingerprint density at radius 1 is 1.26 bits per heavy atom. The molecule has 3 amide bonds. The number of carboxylic acid groups (broad SMARTS) is 1. The lowest BCUT2D eigenvalue weighted by Crippen LogP contribution is -2.73. The van der Waals surface area contributed by atoms with Crippen LogP contribution in [-0.4, -0.2) is 75.7 Å². The first-order valence-electron chi connectivity index (χ1n) is 13.7. The van der Waals surface area contributed by atoms with Gasteiger partial charge < -0.3 is 30.6 Å². The fourth-order valence-electron chi connectivity index (χ4n) is 5.57. The summed E-state index contributed by atoms with van der Waals surface area (Å²) in [4.78, 5) is 63.8. The summed E-state index contributed by atoms with van der Waals surface area (Å²) in [6.07, 6.45) is 4.97. The van der Waals surface area contributed by atoms with Crippen LogP contribution < -0.4 is 16.0 Å². The van der Waals surface area contributed by atoms with Gasteiger partial charge in [-0.3, -0.25) is 19.3 Å². The second kappa shape index (κ2) is 11.5. The zero-order valence-electron chi connectivity index (χ0n) is 22.7. The summed E-state index contributed by atoms with van der Waals surface area (Å²) in [7, 11) is 0. The standard InChI is InChI=1S/C28H27FN6O7S/c29-16-7-3-4-8-18(16)34-10-9-14(25(34)37)11-20-23(27(39)40)35-19(12-41-20)22(26(35)38)32-24(36)21(17-13-43-28(30)31-17)33-42-15-5-1-2-6-15/h3-4,7-8,11,13,15,19,22H,1-2,5-6,9-10,12H2,(H2,30,31)(H,32,36)(H,39,40)/t19-,22+/m1/s1. The Morgan fingerprint density at radius 2 is 2.02 bits per heavy atom. The molecule has 2 aromatic rings. The monoisotopic (exact) mass is 610 g/mol. The summed E-state index contributed by atoms with van der Waals surface area (Å²) in [5.41, 5.74) is 5.65. The molecule has 1 aliphatic carbocycles. The van der Waals surface area contributed by atoms with Gasteiger partial charge in [0.2, 0.25) is 0 Å². The van der Waals surface area contributed by atoms with Crippen molar-refractivity contribution in [3.63, 3.8) is 0 Å². The number of hydrogen-bond donors (Lipinski definition) is 3. The number of nitrogens with two attached hydrogens (primary N) is 1. The van der Waals surface area contributed by atoms with Crippen LogP contribution >= 0.6 is 11.3 Å². The Morgan fingerprint density at radius 3 is 2.72 bits per heavy atom. The number of rotatable bonds is 8. The smallest absolute Gasteiger partial charge is 0.356 e. The summed E-state index contributed by atoms with van der Waals surface area (Å²) in [6.45, 7) is 0.0478. The average molecular weight is 611 g/mol. The summed E-state index contributed by atoms with van der Waals surface area (Å²) >= 11 is 1.11. The Balaban J connectivity index is 1.20. The maximum absolute atomic E-state index is 14.3. The van der Waals surface area contributed by atoms with Crippen LogP contribution in [0.2, 0.25) is 0 Å². The van der Waals surface area contributed by atoms with E-state index in [0.717, 1.165) is 41.9 Å². The predicted molar refractivity (Wildman–Crippen MR) is 151 cm³/mol. The van der Waals surface area contributed by atoms with Crippen molar-refractivity contribution in [2.24, 2.45) is 5.16 Å². The number of benzene rings is 1. The number of hydrogen-bond acceptors (Lipinski definition) is 10. The number of amides is 3. The highest BCUT2D eigenvalue weighted by Crippen LogP contribution is 2.35. The van der Waals surface area contributed by atoms with Crippen molar-refractivity contribution < 1.29 is 38.2 Å². The second-order valence-corrected chi connectivity index (χ2v) is 11.3. The van der Waals surface area contributed by atoms with E-state index in [9.17, 15) is 28.7 Å². The van der Waals surface area contributed by atoms with Crippen molar-refractivity contribution >= 4 is 51.6 Å². The van der Waals surface area contributed by atoms with Gasteiger partial charge in [0.15, 0.2) is 22.3 Å². The molecule has 4 N–H and O–H groups in total. The van der Waals surface area contributed by atoms with E-state index in [2.05, 4.69) is 15.5 Å². The highest BCUT2D eigenvalue weighted by atomic mass is 32.1. The van der Waals surface area contributed by atoms with Crippen LogP contribution in [-0.2, 0) is 28.8 Å². The molecule has 1 saturated carbocycles. The molecule has 0 spiro atoms. The SMILES string of the molecule is Nc1nc(C(=NOC2CCCC2)C(=O)N[C@@H]2C(=O)N3C(C(=O)O)=C(C=C4CCN(c5ccccc5F)C4=O)OC[C@H]23)cs1. The van der Waals surface area contributed by atoms with Crippen molar-refractivity contribution in [1.29, 1.82) is 0 Å². The van der Waals surface area contributed by atoms with Crippen LogP contribution in [0, 0.1) is 5.82 Å². The number of nitrogens with one attached hydrogen (secondary N) is 1. The highest BCUT2D eigenvalue weighted by Gasteiger charge is 2.55. The molecule has 0 unspecified atom stereocenters. The van der Waals surface area contributed by atoms with E-state index in [1.165, 1.54) is 29.2 Å². The number of fused-ring (bicyclic) bond motifs is 1. The molecule has 224 valence electrons. The fraction of sp³-hybridized carbons (Fsp3) is 0.357. The quantitative estimate of drug-likeness (QED) is 0.174. The maximum atomic E-state index is 14.3. The fourth-order valence-corrected chi connectivity index (χ4v) is 6.12. The third kappa shape index (κ3) is 5.31. The number of halogens is 1. The Kier molecular flexibility index (Phi) is 7.56. The Bertz CT molecular complexity index is 1600. The zero-order chi connectivity index (χ0) is 30.2. The first kappa shape index (κ1) is 28.3. The van der Waals surface area contributed by atoms with Crippen molar-refractivity contribution in [3.05, 3.63) is 64.3 Å². The van der Waals surface area contributed by atoms with Gasteiger partial charge in [-0.05, 0) is 50.3 Å². The molecule has 0 radical (unpaired) electrons. The summed E-state index contributed by atoms with van der Waals surface area (Å²) in [5.74, 6) is -4.09. The summed E-state index contributed by atoms with van der Waals surface area (Å²) < 4.78 is 20.0. The number of para-hydroxylation sites is 1. The number of carbonyl (C=O) groups excluding carboxylic acids is 3. The molecule has 2 saturated heterocycles. The number of thiazole rings is 1. The second-order valence-electron chi connectivity index (χ2n) is 10.4. The van der Waals surface area contributed by atoms with Gasteiger partial charge in [0.25, 0.3) is 17.7 Å². The first-order chi connectivity index (χ1) is 20.7. The molecule has 13 nitrogen and oxygen atoms in total. The van der Waals surface area contributed by atoms with Crippen LogP contribution in [0.25, 0.3) is 0 Å². The van der Waals surface area contributed by atoms with Gasteiger partial charge in [0, 0.05) is 17.5 Å². The predicted octanol–water partition coefficient (Wildman–Crippen LogP) is 1.91. The van der Waals surface area contributed by atoms with E-state index in [1.54, 1.807) is 11.4 Å². The number of allylic oxidation sites excluding steroid dienone is 1. The number of ether oxygens (including phenoxy) is 1. The topological polar surface area (TPSA) is 177 Å². The van der Waals surface area contributed by atoms with Gasteiger partial charge >= 0.3 is 5.97 Å². The lowest BCUT2D eigenvalue weighted by atomic mass is 9.92. The first-order valence-corrected chi connectivity index (χ1v) is 14.6. The molecule has 43 heavy (non-hydrogen) atoms. The Labute approximate surface area is 248 Å². The van der Waals surface area contributed by atoms with Crippen LogP contribution in [0.4, 0.5) is 15.2 Å². The van der Waals surface area contributed by atoms with Gasteiger partial charge in [0.05, 0.1) is 5.69 Å². The minimum atomic E-state index is -1.45. The Hall–Kier alpha value is -4.79. The molecular weight excluding hydrogens is 583 g/mol. The number of carbonyl (C=O) groups is 4. The van der Waals surface area contributed by atoms with Crippen molar-refractivity contribution in [2.45, 2.75) is 50.3 Å². The number of aromatic nitrogens is 1. The van der Waals surface area contributed by atoms with Crippen LogP contribution in [0.15, 0.2) is 57.9 Å². The van der Waals surface area contributed by atoms with Gasteiger partial charge in [0.1, 0.15) is 36.3 Å². The lowest BCUT2D eigenvalue weighted by molar-refractivity contribution is -0.159. The largest absolute Gasteiger partial charge is 0.489 e. The van der Waals surface area contributed by atoms with E-state index in [4.69, 9.17) is 15.3 Å². The van der Waals surface area contributed by atoms with Crippen LogP contribution in [0.1, 0.15) is 37.8 Å². The number of oxime groups is 1. The third-order valence-electron chi connectivity index (χ3n) is 7.74. The van der Waals surface area contributed by atoms with Crippen molar-refractivity contribution in [2.75, 3.05) is 23.8 Å². The van der Waals surface area contributed by atoms with Gasteiger partial charge in [-0.25, -0.2) is 14.2 Å². The van der Waals surface area contributed by atoms with Crippen LogP contribution in [0.3, 0.4) is 0 Å². The maximum Gasteiger partial charge on any atom is 0.356 e. The molecule has 2 atom stereocenters. The van der Waals surface area contributed by atoms with Gasteiger partial charge in [-0.15, -0.1) is 11.3 Å². The summed E-state index contributed by atoms with van der Waals surface area (Å²) in [6, 6.07) is 3.92. The van der Waals surface area contributed by atoms with Gasteiger partial charge in [-0.1, -0.05) is 17.3 Å². The van der Waals surface area contributed by atoms with E-state index < -0.39 is 47.3 Å². The lowest BCUT2D eigenvalue weighted by Gasteiger charge is -2.49. The van der Waals surface area contributed by atoms with Crippen molar-refractivity contribution in [1.82, 2.24) is 15.2 Å². The molecule has 0 bridgehead atoms. The van der Waals surface area contributed by atoms with E-state index in [-0.39, 0.29) is 59.2 Å². The molecule has 3 fully saturated rings. The van der Waals surface area contributed by atoms with Crippen LogP contribution in [0.5, 0.6) is 0 Å². The number of nitrogens with zero attached hydrogens (tertiary/aromatic N) is 4. The number of nitrogen functional groups attached to an aromatic ring is 1.